The second-order valence-electron chi connectivity index (χ2n) is 4.41. The second kappa shape index (κ2) is 8.26. The van der Waals surface area contributed by atoms with E-state index in [4.69, 9.17) is 5.73 Å². The van der Waals surface area contributed by atoms with E-state index in [1.807, 2.05) is 37.3 Å². The molecule has 0 aliphatic carbocycles. The molecule has 1 aromatic rings. The third-order valence-electron chi connectivity index (χ3n) is 2.74. The molecule has 0 bridgehead atoms. The molecule has 104 valence electrons. The molecule has 0 saturated heterocycles. The van der Waals surface area contributed by atoms with Crippen molar-refractivity contribution >= 4 is 11.8 Å². The molecule has 0 saturated carbocycles. The summed E-state index contributed by atoms with van der Waals surface area (Å²) in [6.07, 6.45) is 1.09. The van der Waals surface area contributed by atoms with E-state index >= 15 is 0 Å². The molecule has 0 aliphatic rings. The van der Waals surface area contributed by atoms with Crippen LogP contribution in [-0.4, -0.2) is 30.9 Å². The van der Waals surface area contributed by atoms with Crippen molar-refractivity contribution in [3.05, 3.63) is 35.9 Å². The van der Waals surface area contributed by atoms with E-state index < -0.39 is 0 Å². The van der Waals surface area contributed by atoms with Crippen LogP contribution in [0, 0.1) is 0 Å². The molecule has 1 atom stereocenters. The molecule has 19 heavy (non-hydrogen) atoms. The van der Waals surface area contributed by atoms with Crippen LogP contribution in [0.25, 0.3) is 0 Å². The van der Waals surface area contributed by atoms with Gasteiger partial charge in [-0.2, -0.15) is 0 Å². The van der Waals surface area contributed by atoms with Crippen LogP contribution >= 0.6 is 0 Å². The van der Waals surface area contributed by atoms with Crippen molar-refractivity contribution in [3.8, 4) is 0 Å². The first kappa shape index (κ1) is 15.2. The van der Waals surface area contributed by atoms with Crippen LogP contribution < -0.4 is 16.4 Å². The molecule has 1 aromatic carbocycles. The van der Waals surface area contributed by atoms with Crippen LogP contribution in [0.3, 0.4) is 0 Å². The lowest BCUT2D eigenvalue weighted by Crippen LogP contribution is -2.42. The highest BCUT2D eigenvalue weighted by Crippen LogP contribution is 1.98. The highest BCUT2D eigenvalue weighted by atomic mass is 16.2. The number of amides is 2. The van der Waals surface area contributed by atoms with Gasteiger partial charge in [-0.3, -0.25) is 9.59 Å². The van der Waals surface area contributed by atoms with Gasteiger partial charge in [0.1, 0.15) is 0 Å². The highest BCUT2D eigenvalue weighted by Gasteiger charge is 2.07. The standard InChI is InChI=1S/C14H21N3O2/c1-2-12(15)9-16-14(19)10-17-13(18)8-11-6-4-3-5-7-11/h3-7,12H,2,8-10,15H2,1H3,(H,16,19)(H,17,18)/t12-/m0/s1. The SMILES string of the molecule is CC[C@H](N)CNC(=O)CNC(=O)Cc1ccccc1. The monoisotopic (exact) mass is 263 g/mol. The molecule has 1 rings (SSSR count). The summed E-state index contributed by atoms with van der Waals surface area (Å²) < 4.78 is 0. The lowest BCUT2D eigenvalue weighted by molar-refractivity contribution is -0.125. The summed E-state index contributed by atoms with van der Waals surface area (Å²) in [5.74, 6) is -0.383. The van der Waals surface area contributed by atoms with Crippen molar-refractivity contribution in [1.82, 2.24) is 10.6 Å². The predicted octanol–water partition coefficient (Wildman–Crippen LogP) is 0.199. The molecule has 5 nitrogen and oxygen atoms in total. The molecule has 0 aromatic heterocycles. The van der Waals surface area contributed by atoms with Crippen LogP contribution in [0.2, 0.25) is 0 Å². The third kappa shape index (κ3) is 6.57. The Bertz CT molecular complexity index is 406. The van der Waals surface area contributed by atoms with Gasteiger partial charge in [0.2, 0.25) is 11.8 Å². The Labute approximate surface area is 113 Å². The Morgan fingerprint density at radius 1 is 1.16 bits per heavy atom. The van der Waals surface area contributed by atoms with Crippen molar-refractivity contribution in [2.45, 2.75) is 25.8 Å². The zero-order valence-electron chi connectivity index (χ0n) is 11.2. The number of carbonyl (C=O) groups excluding carboxylic acids is 2. The quantitative estimate of drug-likeness (QED) is 0.657. The summed E-state index contributed by atoms with van der Waals surface area (Å²) in [6.45, 7) is 2.38. The minimum absolute atomic E-state index is 0.0118. The van der Waals surface area contributed by atoms with Gasteiger partial charge in [-0.1, -0.05) is 37.3 Å². The summed E-state index contributed by atoms with van der Waals surface area (Å²) in [7, 11) is 0. The topological polar surface area (TPSA) is 84.2 Å². The summed E-state index contributed by atoms with van der Waals surface area (Å²) in [6, 6.07) is 9.36. The van der Waals surface area contributed by atoms with Gasteiger partial charge in [-0.15, -0.1) is 0 Å². The smallest absolute Gasteiger partial charge is 0.239 e. The van der Waals surface area contributed by atoms with Crippen molar-refractivity contribution < 1.29 is 9.59 Å². The van der Waals surface area contributed by atoms with Gasteiger partial charge >= 0.3 is 0 Å². The zero-order valence-corrected chi connectivity index (χ0v) is 11.2. The van der Waals surface area contributed by atoms with Crippen LogP contribution in [0.15, 0.2) is 30.3 Å². The summed E-state index contributed by atoms with van der Waals surface area (Å²) in [4.78, 5) is 23.0. The third-order valence-corrected chi connectivity index (χ3v) is 2.74. The number of nitrogens with two attached hydrogens (primary N) is 1. The average molecular weight is 263 g/mol. The Morgan fingerprint density at radius 3 is 2.47 bits per heavy atom. The fourth-order valence-corrected chi connectivity index (χ4v) is 1.47. The molecule has 0 spiro atoms. The number of hydrogen-bond donors (Lipinski definition) is 3. The normalized spacial score (nSPS) is 11.7. The van der Waals surface area contributed by atoms with E-state index in [0.717, 1.165) is 12.0 Å². The average Bonchev–Trinajstić information content (AvgIpc) is 2.43. The van der Waals surface area contributed by atoms with Crippen LogP contribution in [-0.2, 0) is 16.0 Å². The Kier molecular flexibility index (Phi) is 6.60. The Balaban J connectivity index is 2.21. The van der Waals surface area contributed by atoms with Gasteiger partial charge in [-0.05, 0) is 12.0 Å². The fourth-order valence-electron chi connectivity index (χ4n) is 1.47. The first-order valence-electron chi connectivity index (χ1n) is 6.44. The van der Waals surface area contributed by atoms with E-state index in [2.05, 4.69) is 10.6 Å². The second-order valence-corrected chi connectivity index (χ2v) is 4.41. The van der Waals surface area contributed by atoms with E-state index in [-0.39, 0.29) is 30.8 Å². The lowest BCUT2D eigenvalue weighted by atomic mass is 10.1. The van der Waals surface area contributed by atoms with E-state index in [1.54, 1.807) is 0 Å². The van der Waals surface area contributed by atoms with Crippen molar-refractivity contribution in [1.29, 1.82) is 0 Å². The van der Waals surface area contributed by atoms with Crippen molar-refractivity contribution in [2.75, 3.05) is 13.1 Å². The maximum atomic E-state index is 11.6. The lowest BCUT2D eigenvalue weighted by Gasteiger charge is -2.10. The minimum atomic E-state index is -0.217. The van der Waals surface area contributed by atoms with Crippen LogP contribution in [0.4, 0.5) is 0 Å². The van der Waals surface area contributed by atoms with E-state index in [9.17, 15) is 9.59 Å². The van der Waals surface area contributed by atoms with E-state index in [0.29, 0.717) is 6.54 Å². The van der Waals surface area contributed by atoms with Gasteiger partial charge in [0.05, 0.1) is 13.0 Å². The summed E-state index contributed by atoms with van der Waals surface area (Å²) in [5, 5.41) is 5.25. The highest BCUT2D eigenvalue weighted by molar-refractivity contribution is 5.85. The number of carbonyl (C=O) groups is 2. The molecule has 0 heterocycles. The van der Waals surface area contributed by atoms with Gasteiger partial charge in [0.15, 0.2) is 0 Å². The minimum Gasteiger partial charge on any atom is -0.353 e. The fraction of sp³-hybridized carbons (Fsp3) is 0.429. The summed E-state index contributed by atoms with van der Waals surface area (Å²) >= 11 is 0. The van der Waals surface area contributed by atoms with Gasteiger partial charge in [-0.25, -0.2) is 0 Å². The maximum absolute atomic E-state index is 11.6. The molecule has 0 radical (unpaired) electrons. The van der Waals surface area contributed by atoms with Gasteiger partial charge < -0.3 is 16.4 Å². The number of nitrogens with one attached hydrogen (secondary N) is 2. The Hall–Kier alpha value is -1.88. The largest absolute Gasteiger partial charge is 0.353 e. The van der Waals surface area contributed by atoms with Crippen molar-refractivity contribution in [3.63, 3.8) is 0 Å². The molecular weight excluding hydrogens is 242 g/mol. The summed E-state index contributed by atoms with van der Waals surface area (Å²) in [5.41, 5.74) is 6.60. The molecular formula is C14H21N3O2. The zero-order chi connectivity index (χ0) is 14.1. The van der Waals surface area contributed by atoms with Crippen LogP contribution in [0.5, 0.6) is 0 Å². The maximum Gasteiger partial charge on any atom is 0.239 e. The first-order valence-corrected chi connectivity index (χ1v) is 6.44. The van der Waals surface area contributed by atoms with Gasteiger partial charge in [0, 0.05) is 12.6 Å². The predicted molar refractivity (Wildman–Crippen MR) is 74.4 cm³/mol. The molecule has 4 N–H and O–H groups in total. The molecule has 0 unspecified atom stereocenters. The molecule has 2 amide bonds. The number of rotatable bonds is 7. The van der Waals surface area contributed by atoms with E-state index in [1.165, 1.54) is 0 Å². The molecule has 5 heteroatoms. The first-order chi connectivity index (χ1) is 9.11. The van der Waals surface area contributed by atoms with Gasteiger partial charge in [0.25, 0.3) is 0 Å². The molecule has 0 aliphatic heterocycles. The number of benzene rings is 1. The molecule has 0 fully saturated rings. The van der Waals surface area contributed by atoms with Crippen LogP contribution in [0.1, 0.15) is 18.9 Å². The van der Waals surface area contributed by atoms with Crippen molar-refractivity contribution in [2.24, 2.45) is 5.73 Å². The Morgan fingerprint density at radius 2 is 1.84 bits per heavy atom. The number of hydrogen-bond acceptors (Lipinski definition) is 3.